The van der Waals surface area contributed by atoms with Crippen molar-refractivity contribution in [2.24, 2.45) is 5.92 Å². The molecule has 20 heteroatoms. The third-order valence-corrected chi connectivity index (χ3v) is 12.5. The van der Waals surface area contributed by atoms with E-state index in [1.165, 1.54) is 0 Å². The van der Waals surface area contributed by atoms with E-state index in [0.717, 1.165) is 57.5 Å². The van der Waals surface area contributed by atoms with Crippen LogP contribution in [0.25, 0.3) is 112 Å². The number of hydrogen-bond donors (Lipinski definition) is 6. The summed E-state index contributed by atoms with van der Waals surface area (Å²) in [5.74, 6) is 0.0888. The summed E-state index contributed by atoms with van der Waals surface area (Å²) in [6, 6.07) is 15.1. The molecule has 0 aliphatic rings. The topological polar surface area (TPSA) is 242 Å². The molecule has 1 atom stereocenters. The zero-order chi connectivity index (χ0) is 50.0. The zero-order valence-corrected chi connectivity index (χ0v) is 39.6. The number of hydrogen-bond acceptors (Lipinski definition) is 14. The van der Waals surface area contributed by atoms with E-state index in [1.54, 1.807) is 74.4 Å². The monoisotopic (exact) mass is 970 g/mol. The molecule has 0 aromatic carbocycles. The first-order valence-corrected chi connectivity index (χ1v) is 23.4. The zero-order valence-electron chi connectivity index (χ0n) is 39.6. The molecule has 0 aliphatic heterocycles. The summed E-state index contributed by atoms with van der Waals surface area (Å²) >= 11 is 0. The van der Waals surface area contributed by atoms with Gasteiger partial charge in [0.15, 0.2) is 34.6 Å². The average molecular weight is 971 g/mol. The predicted molar refractivity (Wildman–Crippen MR) is 276 cm³/mol. The summed E-state index contributed by atoms with van der Waals surface area (Å²) in [6.45, 7) is 11.8. The number of aromatic amines is 4. The highest BCUT2D eigenvalue weighted by molar-refractivity contribution is 5.99. The van der Waals surface area contributed by atoms with Crippen LogP contribution in [-0.4, -0.2) is 86.7 Å². The molecule has 0 aliphatic carbocycles. The molecule has 73 heavy (non-hydrogen) atoms. The summed E-state index contributed by atoms with van der Waals surface area (Å²) in [5.41, 5.74) is 11.9. The van der Waals surface area contributed by atoms with Crippen molar-refractivity contribution in [3.63, 3.8) is 0 Å². The van der Waals surface area contributed by atoms with Gasteiger partial charge in [0.05, 0.1) is 57.1 Å². The molecule has 12 rings (SSSR count). The van der Waals surface area contributed by atoms with Gasteiger partial charge in [0.2, 0.25) is 0 Å². The Balaban J connectivity index is 0.000000158. The fourth-order valence-corrected chi connectivity index (χ4v) is 8.46. The van der Waals surface area contributed by atoms with Crippen LogP contribution in [0.15, 0.2) is 135 Å². The lowest BCUT2D eigenvalue weighted by molar-refractivity contribution is 0.638. The Bertz CT molecular complexity index is 3960. The number of allylic oxidation sites excluding steroid dienone is 1. The highest BCUT2D eigenvalue weighted by atomic mass is 19.1. The molecular formula is C53H44F2N18. The molecule has 0 spiro atoms. The van der Waals surface area contributed by atoms with Gasteiger partial charge in [-0.15, -0.1) is 0 Å². The van der Waals surface area contributed by atoms with E-state index < -0.39 is 11.6 Å². The van der Waals surface area contributed by atoms with Gasteiger partial charge < -0.3 is 20.6 Å². The summed E-state index contributed by atoms with van der Waals surface area (Å²) < 4.78 is 31.9. The lowest BCUT2D eigenvalue weighted by atomic mass is 10.1. The summed E-state index contributed by atoms with van der Waals surface area (Å²) in [6.07, 6.45) is 21.0. The normalized spacial score (nSPS) is 11.8. The minimum absolute atomic E-state index is 0.164. The number of H-pyrrole nitrogens is 4. The number of halogens is 2. The summed E-state index contributed by atoms with van der Waals surface area (Å²) in [5, 5.41) is 21.6. The Morgan fingerprint density at radius 3 is 1.63 bits per heavy atom. The molecule has 0 amide bonds. The molecule has 360 valence electrons. The molecule has 0 fully saturated rings. The van der Waals surface area contributed by atoms with Crippen molar-refractivity contribution >= 4 is 49.8 Å². The molecule has 0 saturated carbocycles. The van der Waals surface area contributed by atoms with E-state index in [9.17, 15) is 0 Å². The minimum atomic E-state index is -0.520. The van der Waals surface area contributed by atoms with Gasteiger partial charge in [-0.05, 0) is 84.1 Å². The van der Waals surface area contributed by atoms with Crippen molar-refractivity contribution in [1.82, 2.24) is 85.5 Å². The number of imidazole rings is 2. The molecular weight excluding hydrogens is 927 g/mol. The van der Waals surface area contributed by atoms with Crippen LogP contribution in [-0.2, 0) is 6.54 Å². The predicted octanol–water partition coefficient (Wildman–Crippen LogP) is 10.4. The molecule has 1 unspecified atom stereocenters. The third kappa shape index (κ3) is 8.86. The fraction of sp³-hybridized carbons (Fsp3) is 0.132. The highest BCUT2D eigenvalue weighted by Crippen LogP contribution is 2.36. The maximum atomic E-state index is 16.1. The van der Waals surface area contributed by atoms with Gasteiger partial charge in [0.1, 0.15) is 22.8 Å². The number of nitrogens with one attached hydrogen (secondary N) is 6. The van der Waals surface area contributed by atoms with Crippen molar-refractivity contribution in [3.05, 3.63) is 152 Å². The minimum Gasteiger partial charge on any atom is -0.358 e. The molecule has 12 aromatic heterocycles. The van der Waals surface area contributed by atoms with E-state index in [-0.39, 0.29) is 22.7 Å². The van der Waals surface area contributed by atoms with Gasteiger partial charge in [-0.1, -0.05) is 27.4 Å². The Hall–Kier alpha value is -9.56. The summed E-state index contributed by atoms with van der Waals surface area (Å²) in [7, 11) is 0. The van der Waals surface area contributed by atoms with Crippen molar-refractivity contribution in [3.8, 4) is 67.8 Å². The Labute approximate surface area is 414 Å². The second-order valence-corrected chi connectivity index (χ2v) is 17.1. The van der Waals surface area contributed by atoms with E-state index in [2.05, 4.69) is 111 Å². The van der Waals surface area contributed by atoms with Crippen LogP contribution in [0, 0.1) is 17.6 Å². The quantitative estimate of drug-likeness (QED) is 0.0630. The molecule has 18 nitrogen and oxygen atoms in total. The van der Waals surface area contributed by atoms with Crippen molar-refractivity contribution in [2.75, 3.05) is 11.9 Å². The van der Waals surface area contributed by atoms with Gasteiger partial charge in [0, 0.05) is 90.3 Å². The smallest absolute Gasteiger partial charge is 0.178 e. The molecule has 0 bridgehead atoms. The maximum Gasteiger partial charge on any atom is 0.178 e. The Morgan fingerprint density at radius 1 is 0.589 bits per heavy atom. The standard InChI is InChI=1S/C28H24FN9.C25H20FN9/c1-4-15(2)16(3)34-19-11-18(12-31-13-19)24-23(29)22-21(14-33-24)37-38-26(22)28-35-25-20(7-10-32-27(25)36-28)17-5-8-30-9-6-17;1-2-27-10-14-9-16(12-29-11-14)21-20(26)19-18(13-31-21)34-35-23(19)25-32-22-17(5-8-30-24(22)33-25)15-3-6-28-7-4-15/h5-15,34H,3-4H2,1-2H3,(H,37,38)(H,32,35,36);3-9,11-13,27H,2,10H2,1H3,(H,34,35)(H,30,32,33). The van der Waals surface area contributed by atoms with Gasteiger partial charge in [-0.25, -0.2) is 28.7 Å². The second kappa shape index (κ2) is 19.7. The Kier molecular flexibility index (Phi) is 12.4. The van der Waals surface area contributed by atoms with Crippen LogP contribution in [0.1, 0.15) is 32.8 Å². The van der Waals surface area contributed by atoms with Crippen LogP contribution >= 0.6 is 0 Å². The van der Waals surface area contributed by atoms with Crippen LogP contribution in [0.3, 0.4) is 0 Å². The number of pyridine rings is 8. The molecule has 12 aromatic rings. The first-order valence-electron chi connectivity index (χ1n) is 23.4. The first-order chi connectivity index (χ1) is 35.8. The number of rotatable bonds is 13. The van der Waals surface area contributed by atoms with Gasteiger partial charge in [0.25, 0.3) is 0 Å². The van der Waals surface area contributed by atoms with E-state index in [1.807, 2.05) is 55.5 Å². The number of aromatic nitrogens is 16. The van der Waals surface area contributed by atoms with Crippen LogP contribution < -0.4 is 10.6 Å². The van der Waals surface area contributed by atoms with E-state index >= 15 is 8.78 Å². The van der Waals surface area contributed by atoms with Crippen LogP contribution in [0.2, 0.25) is 0 Å². The maximum absolute atomic E-state index is 16.1. The van der Waals surface area contributed by atoms with Crippen LogP contribution in [0.4, 0.5) is 14.5 Å². The summed E-state index contributed by atoms with van der Waals surface area (Å²) in [4.78, 5) is 50.0. The average Bonchev–Trinajstić information content (AvgIpc) is 4.26. The lowest BCUT2D eigenvalue weighted by Gasteiger charge is -2.15. The van der Waals surface area contributed by atoms with Crippen molar-refractivity contribution in [2.45, 2.75) is 33.7 Å². The number of anilines is 1. The largest absolute Gasteiger partial charge is 0.358 e. The number of nitrogens with zero attached hydrogens (tertiary/aromatic N) is 12. The van der Waals surface area contributed by atoms with Gasteiger partial charge in [-0.3, -0.25) is 40.1 Å². The van der Waals surface area contributed by atoms with E-state index in [4.69, 9.17) is 0 Å². The first kappa shape index (κ1) is 45.9. The fourth-order valence-electron chi connectivity index (χ4n) is 8.46. The molecule has 6 N–H and O–H groups in total. The van der Waals surface area contributed by atoms with Crippen molar-refractivity contribution < 1.29 is 8.78 Å². The molecule has 12 heterocycles. The van der Waals surface area contributed by atoms with Crippen LogP contribution in [0.5, 0.6) is 0 Å². The third-order valence-electron chi connectivity index (χ3n) is 12.5. The lowest BCUT2D eigenvalue weighted by Crippen LogP contribution is -2.11. The second-order valence-electron chi connectivity index (χ2n) is 17.1. The highest BCUT2D eigenvalue weighted by Gasteiger charge is 2.24. The van der Waals surface area contributed by atoms with Gasteiger partial charge >= 0.3 is 0 Å². The van der Waals surface area contributed by atoms with Gasteiger partial charge in [-0.2, -0.15) is 10.2 Å². The van der Waals surface area contributed by atoms with Crippen molar-refractivity contribution in [1.29, 1.82) is 0 Å². The SMILES string of the molecule is C=C(Nc1cncc(-c2ncc3[nH]nc(-c4nc5nccc(-c6ccncc6)c5[nH]4)c3c2F)c1)C(C)CC.CCNCc1cncc(-c2ncc3[nH]nc(-c4nc5nccc(-c6ccncc6)c5[nH]4)c3c2F)c1. The van der Waals surface area contributed by atoms with E-state index in [0.29, 0.717) is 74.1 Å². The number of fused-ring (bicyclic) bond motifs is 4. The Morgan fingerprint density at radius 2 is 1.11 bits per heavy atom. The molecule has 0 saturated heterocycles. The molecule has 0 radical (unpaired) electrons.